The van der Waals surface area contributed by atoms with Gasteiger partial charge in [-0.05, 0) is 51.3 Å². The molecule has 0 aliphatic heterocycles. The molecule has 3 aromatic rings. The molecular weight excluding hydrogens is 336 g/mol. The standard InChI is InChI=1S/C18H22N4O2S/c1-21(2)10-4-9-19-17(23)16-12-25-18-20-15(11-22(16)18)13-5-7-14(24-3)8-6-13/h5-8,11-12H,4,9-10H2,1-3H3,(H,19,23). The molecule has 0 bridgehead atoms. The van der Waals surface area contributed by atoms with Gasteiger partial charge in [-0.1, -0.05) is 0 Å². The Morgan fingerprint density at radius 3 is 2.76 bits per heavy atom. The summed E-state index contributed by atoms with van der Waals surface area (Å²) < 4.78 is 7.03. The van der Waals surface area contributed by atoms with Crippen molar-refractivity contribution in [3.63, 3.8) is 0 Å². The van der Waals surface area contributed by atoms with Crippen LogP contribution in [-0.4, -0.2) is 54.5 Å². The van der Waals surface area contributed by atoms with Crippen molar-refractivity contribution in [3.8, 4) is 17.0 Å². The highest BCUT2D eigenvalue weighted by Gasteiger charge is 2.15. The van der Waals surface area contributed by atoms with Crippen LogP contribution < -0.4 is 10.1 Å². The minimum absolute atomic E-state index is 0.0660. The fourth-order valence-electron chi connectivity index (χ4n) is 2.54. The van der Waals surface area contributed by atoms with Gasteiger partial charge in [-0.25, -0.2) is 4.98 Å². The van der Waals surface area contributed by atoms with Gasteiger partial charge in [0, 0.05) is 23.7 Å². The molecular formula is C18H22N4O2S. The predicted molar refractivity (Wildman–Crippen MR) is 101 cm³/mol. The van der Waals surface area contributed by atoms with Crippen LogP contribution in [0.3, 0.4) is 0 Å². The monoisotopic (exact) mass is 358 g/mol. The molecule has 1 amide bonds. The first-order valence-electron chi connectivity index (χ1n) is 8.12. The summed E-state index contributed by atoms with van der Waals surface area (Å²) in [6, 6.07) is 7.74. The lowest BCUT2D eigenvalue weighted by atomic mass is 10.2. The van der Waals surface area contributed by atoms with E-state index in [0.29, 0.717) is 12.2 Å². The predicted octanol–water partition coefficient (Wildman–Crippen LogP) is 2.75. The van der Waals surface area contributed by atoms with E-state index in [0.717, 1.165) is 34.9 Å². The minimum Gasteiger partial charge on any atom is -0.497 e. The van der Waals surface area contributed by atoms with Gasteiger partial charge in [-0.15, -0.1) is 11.3 Å². The molecule has 0 aliphatic carbocycles. The fraction of sp³-hybridized carbons (Fsp3) is 0.333. The van der Waals surface area contributed by atoms with Crippen molar-refractivity contribution in [1.29, 1.82) is 0 Å². The summed E-state index contributed by atoms with van der Waals surface area (Å²) >= 11 is 1.47. The number of aromatic nitrogens is 2. The van der Waals surface area contributed by atoms with E-state index in [1.54, 1.807) is 7.11 Å². The molecule has 0 saturated heterocycles. The Morgan fingerprint density at radius 2 is 2.08 bits per heavy atom. The van der Waals surface area contributed by atoms with E-state index in [1.807, 2.05) is 54.3 Å². The lowest BCUT2D eigenvalue weighted by molar-refractivity contribution is 0.0946. The number of imidazole rings is 1. The van der Waals surface area contributed by atoms with Crippen LogP contribution in [0.15, 0.2) is 35.8 Å². The Morgan fingerprint density at radius 1 is 1.32 bits per heavy atom. The summed E-state index contributed by atoms with van der Waals surface area (Å²) in [5.74, 6) is 0.742. The molecule has 1 aromatic carbocycles. The van der Waals surface area contributed by atoms with Crippen LogP contribution in [0.1, 0.15) is 16.9 Å². The van der Waals surface area contributed by atoms with Crippen LogP contribution in [0.4, 0.5) is 0 Å². The van der Waals surface area contributed by atoms with Crippen LogP contribution in [-0.2, 0) is 0 Å². The number of hydrogen-bond acceptors (Lipinski definition) is 5. The molecule has 2 heterocycles. The third-order valence-corrected chi connectivity index (χ3v) is 4.74. The fourth-order valence-corrected chi connectivity index (χ4v) is 3.39. The van der Waals surface area contributed by atoms with Gasteiger partial charge in [0.2, 0.25) is 0 Å². The van der Waals surface area contributed by atoms with Crippen LogP contribution in [0.25, 0.3) is 16.2 Å². The molecule has 0 aliphatic rings. The number of ether oxygens (including phenoxy) is 1. The molecule has 0 fully saturated rings. The Balaban J connectivity index is 1.74. The van der Waals surface area contributed by atoms with Crippen molar-refractivity contribution in [3.05, 3.63) is 41.5 Å². The lowest BCUT2D eigenvalue weighted by Crippen LogP contribution is -2.27. The van der Waals surface area contributed by atoms with Crippen LogP contribution >= 0.6 is 11.3 Å². The van der Waals surface area contributed by atoms with Crippen LogP contribution in [0.2, 0.25) is 0 Å². The van der Waals surface area contributed by atoms with Crippen LogP contribution in [0, 0.1) is 0 Å². The van der Waals surface area contributed by atoms with Crippen molar-refractivity contribution in [2.45, 2.75) is 6.42 Å². The number of carbonyl (C=O) groups is 1. The second-order valence-corrected chi connectivity index (χ2v) is 6.88. The quantitative estimate of drug-likeness (QED) is 0.660. The number of benzene rings is 1. The molecule has 7 heteroatoms. The number of methoxy groups -OCH3 is 1. The maximum Gasteiger partial charge on any atom is 0.269 e. The first-order valence-corrected chi connectivity index (χ1v) is 9.00. The Hall–Kier alpha value is -2.38. The average molecular weight is 358 g/mol. The van der Waals surface area contributed by atoms with Crippen molar-refractivity contribution in [1.82, 2.24) is 19.6 Å². The summed E-state index contributed by atoms with van der Waals surface area (Å²) in [6.45, 7) is 1.61. The van der Waals surface area contributed by atoms with Crippen molar-refractivity contribution < 1.29 is 9.53 Å². The molecule has 132 valence electrons. The van der Waals surface area contributed by atoms with Gasteiger partial charge in [0.15, 0.2) is 4.96 Å². The Kier molecular flexibility index (Phi) is 5.35. The normalized spacial score (nSPS) is 11.2. The van der Waals surface area contributed by atoms with Gasteiger partial charge >= 0.3 is 0 Å². The zero-order chi connectivity index (χ0) is 17.8. The average Bonchev–Trinajstić information content (AvgIpc) is 3.19. The largest absolute Gasteiger partial charge is 0.497 e. The van der Waals surface area contributed by atoms with E-state index >= 15 is 0 Å². The molecule has 25 heavy (non-hydrogen) atoms. The van der Waals surface area contributed by atoms with Crippen molar-refractivity contribution in [2.24, 2.45) is 0 Å². The zero-order valence-electron chi connectivity index (χ0n) is 14.7. The molecule has 1 N–H and O–H groups in total. The summed E-state index contributed by atoms with van der Waals surface area (Å²) in [6.07, 6.45) is 2.83. The van der Waals surface area contributed by atoms with E-state index in [9.17, 15) is 4.79 Å². The molecule has 0 radical (unpaired) electrons. The third-order valence-electron chi connectivity index (χ3n) is 3.90. The molecule has 0 atom stereocenters. The zero-order valence-corrected chi connectivity index (χ0v) is 15.5. The SMILES string of the molecule is COc1ccc(-c2cn3c(C(=O)NCCCN(C)C)csc3n2)cc1. The van der Waals surface area contributed by atoms with Gasteiger partial charge in [0.05, 0.1) is 12.8 Å². The summed E-state index contributed by atoms with van der Waals surface area (Å²) in [5, 5.41) is 4.82. The second-order valence-electron chi connectivity index (χ2n) is 6.04. The molecule has 3 rings (SSSR count). The summed E-state index contributed by atoms with van der Waals surface area (Å²) in [4.78, 5) is 19.9. The first-order chi connectivity index (χ1) is 12.1. The van der Waals surface area contributed by atoms with Gasteiger partial charge in [-0.3, -0.25) is 9.20 Å². The smallest absolute Gasteiger partial charge is 0.269 e. The highest BCUT2D eigenvalue weighted by Crippen LogP contribution is 2.25. The topological polar surface area (TPSA) is 58.9 Å². The number of amides is 1. The number of thiazole rings is 1. The van der Waals surface area contributed by atoms with Gasteiger partial charge < -0.3 is 15.0 Å². The van der Waals surface area contributed by atoms with E-state index in [-0.39, 0.29) is 5.91 Å². The van der Waals surface area contributed by atoms with E-state index in [4.69, 9.17) is 4.74 Å². The number of rotatable bonds is 7. The first kappa shape index (κ1) is 17.4. The molecule has 6 nitrogen and oxygen atoms in total. The minimum atomic E-state index is -0.0660. The molecule has 0 spiro atoms. The number of hydrogen-bond donors (Lipinski definition) is 1. The molecule has 0 saturated carbocycles. The highest BCUT2D eigenvalue weighted by molar-refractivity contribution is 7.15. The molecule has 0 unspecified atom stereocenters. The Labute approximate surface area is 151 Å². The van der Waals surface area contributed by atoms with Crippen molar-refractivity contribution in [2.75, 3.05) is 34.3 Å². The van der Waals surface area contributed by atoms with Gasteiger partial charge in [0.25, 0.3) is 5.91 Å². The number of nitrogens with one attached hydrogen (secondary N) is 1. The summed E-state index contributed by atoms with van der Waals surface area (Å²) in [7, 11) is 5.69. The van der Waals surface area contributed by atoms with Crippen molar-refractivity contribution >= 4 is 22.2 Å². The Bertz CT molecular complexity index is 852. The van der Waals surface area contributed by atoms with Crippen LogP contribution in [0.5, 0.6) is 5.75 Å². The number of nitrogens with zero attached hydrogens (tertiary/aromatic N) is 3. The lowest BCUT2D eigenvalue weighted by Gasteiger charge is -2.09. The second kappa shape index (κ2) is 7.67. The van der Waals surface area contributed by atoms with Gasteiger partial charge in [0.1, 0.15) is 11.4 Å². The summed E-state index contributed by atoms with van der Waals surface area (Å²) in [5.41, 5.74) is 2.46. The highest BCUT2D eigenvalue weighted by atomic mass is 32.1. The van der Waals surface area contributed by atoms with E-state index < -0.39 is 0 Å². The van der Waals surface area contributed by atoms with E-state index in [1.165, 1.54) is 11.3 Å². The van der Waals surface area contributed by atoms with E-state index in [2.05, 4.69) is 15.2 Å². The molecule has 2 aromatic heterocycles. The number of fused-ring (bicyclic) bond motifs is 1. The maximum atomic E-state index is 12.4. The third kappa shape index (κ3) is 4.00. The van der Waals surface area contributed by atoms with Gasteiger partial charge in [-0.2, -0.15) is 0 Å². The maximum absolute atomic E-state index is 12.4. The number of carbonyl (C=O) groups excluding carboxylic acids is 1.